The molecule has 0 heterocycles. The van der Waals surface area contributed by atoms with Gasteiger partial charge in [0, 0.05) is 5.56 Å². The predicted octanol–water partition coefficient (Wildman–Crippen LogP) is 1.82. The zero-order valence-corrected chi connectivity index (χ0v) is 11.9. The lowest BCUT2D eigenvalue weighted by atomic mass is 10.0. The molecule has 5 nitrogen and oxygen atoms in total. The normalized spacial score (nSPS) is 11.7. The largest absolute Gasteiger partial charge is 0.508 e. The molecule has 0 saturated carbocycles. The third-order valence-electron chi connectivity index (χ3n) is 3.22. The van der Waals surface area contributed by atoms with Crippen LogP contribution in [0.5, 0.6) is 5.75 Å². The molecule has 5 heteroatoms. The minimum atomic E-state index is -0.869. The lowest BCUT2D eigenvalue weighted by Gasteiger charge is -2.13. The SMILES string of the molecule is N[C@@H](Cc1ccc(O)cc1C=O)C(=O)OCc1ccccc1. The molecule has 0 fully saturated rings. The summed E-state index contributed by atoms with van der Waals surface area (Å²) in [5.41, 5.74) is 7.60. The van der Waals surface area contributed by atoms with Gasteiger partial charge in [-0.15, -0.1) is 0 Å². The lowest BCUT2D eigenvalue weighted by molar-refractivity contribution is -0.146. The van der Waals surface area contributed by atoms with Gasteiger partial charge in [0.15, 0.2) is 0 Å². The highest BCUT2D eigenvalue weighted by atomic mass is 16.5. The molecule has 0 bridgehead atoms. The molecule has 0 unspecified atom stereocenters. The topological polar surface area (TPSA) is 89.6 Å². The summed E-state index contributed by atoms with van der Waals surface area (Å²) in [6, 6.07) is 12.8. The molecule has 0 aromatic heterocycles. The van der Waals surface area contributed by atoms with Crippen LogP contribution in [0.4, 0.5) is 0 Å². The fourth-order valence-electron chi connectivity index (χ4n) is 2.03. The molecule has 0 spiro atoms. The van der Waals surface area contributed by atoms with E-state index in [0.29, 0.717) is 17.4 Å². The second-order valence-corrected chi connectivity index (χ2v) is 4.90. The van der Waals surface area contributed by atoms with Crippen LogP contribution in [-0.4, -0.2) is 23.4 Å². The molecule has 0 amide bonds. The fraction of sp³-hybridized carbons (Fsp3) is 0.176. The molecule has 114 valence electrons. The molecule has 2 aromatic carbocycles. The molecule has 0 aliphatic rings. The number of nitrogens with two attached hydrogens (primary N) is 1. The summed E-state index contributed by atoms with van der Waals surface area (Å²) in [7, 11) is 0. The van der Waals surface area contributed by atoms with Crippen molar-refractivity contribution in [2.24, 2.45) is 5.73 Å². The van der Waals surface area contributed by atoms with Gasteiger partial charge in [-0.25, -0.2) is 0 Å². The number of phenols is 1. The molecule has 3 N–H and O–H groups in total. The van der Waals surface area contributed by atoms with E-state index in [-0.39, 0.29) is 18.8 Å². The van der Waals surface area contributed by atoms with Gasteiger partial charge in [0.25, 0.3) is 0 Å². The van der Waals surface area contributed by atoms with Crippen molar-refractivity contribution in [2.75, 3.05) is 0 Å². The zero-order valence-electron chi connectivity index (χ0n) is 11.9. The van der Waals surface area contributed by atoms with Crippen LogP contribution in [-0.2, 0) is 22.6 Å². The van der Waals surface area contributed by atoms with E-state index in [1.165, 1.54) is 12.1 Å². The van der Waals surface area contributed by atoms with Crippen LogP contribution in [0.25, 0.3) is 0 Å². The van der Waals surface area contributed by atoms with Crippen LogP contribution < -0.4 is 5.73 Å². The van der Waals surface area contributed by atoms with E-state index in [0.717, 1.165) is 5.56 Å². The van der Waals surface area contributed by atoms with Gasteiger partial charge in [0.1, 0.15) is 24.7 Å². The maximum Gasteiger partial charge on any atom is 0.323 e. The molecular weight excluding hydrogens is 282 g/mol. The van der Waals surface area contributed by atoms with Crippen LogP contribution in [0.15, 0.2) is 48.5 Å². The summed E-state index contributed by atoms with van der Waals surface area (Å²) < 4.78 is 5.16. The highest BCUT2D eigenvalue weighted by Gasteiger charge is 2.17. The molecule has 1 atom stereocenters. The van der Waals surface area contributed by atoms with Crippen molar-refractivity contribution in [3.63, 3.8) is 0 Å². The summed E-state index contributed by atoms with van der Waals surface area (Å²) in [5.74, 6) is -0.542. The number of benzene rings is 2. The van der Waals surface area contributed by atoms with Gasteiger partial charge >= 0.3 is 5.97 Å². The van der Waals surface area contributed by atoms with E-state index in [1.54, 1.807) is 6.07 Å². The fourth-order valence-corrected chi connectivity index (χ4v) is 2.03. The van der Waals surface area contributed by atoms with E-state index in [4.69, 9.17) is 10.5 Å². The van der Waals surface area contributed by atoms with E-state index in [2.05, 4.69) is 0 Å². The number of hydrogen-bond acceptors (Lipinski definition) is 5. The smallest absolute Gasteiger partial charge is 0.323 e. The van der Waals surface area contributed by atoms with Gasteiger partial charge in [0.05, 0.1) is 0 Å². The van der Waals surface area contributed by atoms with E-state index in [1.807, 2.05) is 30.3 Å². The molecule has 0 radical (unpaired) electrons. The Hall–Kier alpha value is -2.66. The van der Waals surface area contributed by atoms with Gasteiger partial charge in [-0.3, -0.25) is 9.59 Å². The number of esters is 1. The Morgan fingerprint density at radius 1 is 1.23 bits per heavy atom. The van der Waals surface area contributed by atoms with Crippen molar-refractivity contribution >= 4 is 12.3 Å². The Morgan fingerprint density at radius 3 is 2.64 bits per heavy atom. The van der Waals surface area contributed by atoms with Crippen LogP contribution in [0.2, 0.25) is 0 Å². The number of phenolic OH excluding ortho intramolecular Hbond substituents is 1. The van der Waals surface area contributed by atoms with Crippen LogP contribution in [0, 0.1) is 0 Å². The molecule has 0 aliphatic carbocycles. The van der Waals surface area contributed by atoms with Gasteiger partial charge < -0.3 is 15.6 Å². The van der Waals surface area contributed by atoms with Gasteiger partial charge in [-0.1, -0.05) is 36.4 Å². The Labute approximate surface area is 128 Å². The summed E-state index contributed by atoms with van der Waals surface area (Å²) in [6.45, 7) is 0.156. The minimum absolute atomic E-state index is 0.00826. The Kier molecular flexibility index (Phi) is 5.27. The van der Waals surface area contributed by atoms with Crippen molar-refractivity contribution in [3.05, 3.63) is 65.2 Å². The third-order valence-corrected chi connectivity index (χ3v) is 3.22. The average Bonchev–Trinajstić information content (AvgIpc) is 2.55. The first kappa shape index (κ1) is 15.7. The average molecular weight is 299 g/mol. The predicted molar refractivity (Wildman–Crippen MR) is 81.4 cm³/mol. The van der Waals surface area contributed by atoms with Crippen molar-refractivity contribution < 1.29 is 19.4 Å². The molecule has 0 aliphatic heterocycles. The van der Waals surface area contributed by atoms with Gasteiger partial charge in [0.2, 0.25) is 0 Å². The van der Waals surface area contributed by atoms with E-state index < -0.39 is 12.0 Å². The van der Waals surface area contributed by atoms with Crippen LogP contribution in [0.3, 0.4) is 0 Å². The second-order valence-electron chi connectivity index (χ2n) is 4.90. The summed E-state index contributed by atoms with van der Waals surface area (Å²) >= 11 is 0. The number of aromatic hydroxyl groups is 1. The first-order valence-electron chi connectivity index (χ1n) is 6.83. The molecule has 0 saturated heterocycles. The Balaban J connectivity index is 1.95. The monoisotopic (exact) mass is 299 g/mol. The minimum Gasteiger partial charge on any atom is -0.508 e. The van der Waals surface area contributed by atoms with Gasteiger partial charge in [-0.05, 0) is 29.7 Å². The number of carbonyl (C=O) groups excluding carboxylic acids is 2. The number of hydrogen-bond donors (Lipinski definition) is 2. The maximum absolute atomic E-state index is 11.9. The summed E-state index contributed by atoms with van der Waals surface area (Å²) in [4.78, 5) is 22.9. The highest BCUT2D eigenvalue weighted by Crippen LogP contribution is 2.16. The van der Waals surface area contributed by atoms with Gasteiger partial charge in [-0.2, -0.15) is 0 Å². The zero-order chi connectivity index (χ0) is 15.9. The summed E-state index contributed by atoms with van der Waals surface area (Å²) in [6.07, 6.45) is 0.791. The quantitative estimate of drug-likeness (QED) is 0.627. The molecular formula is C17H17NO4. The first-order chi connectivity index (χ1) is 10.6. The highest BCUT2D eigenvalue weighted by molar-refractivity contribution is 5.80. The number of rotatable bonds is 6. The van der Waals surface area contributed by atoms with Crippen LogP contribution >= 0.6 is 0 Å². The van der Waals surface area contributed by atoms with Crippen molar-refractivity contribution in [3.8, 4) is 5.75 Å². The molecule has 2 aromatic rings. The first-order valence-corrected chi connectivity index (χ1v) is 6.83. The number of ether oxygens (including phenoxy) is 1. The van der Waals surface area contributed by atoms with E-state index in [9.17, 15) is 14.7 Å². The second kappa shape index (κ2) is 7.38. The standard InChI is InChI=1S/C17H17NO4/c18-16(9-13-6-7-15(20)8-14(13)10-19)17(21)22-11-12-4-2-1-3-5-12/h1-8,10,16,20H,9,11,18H2/t16-/m0/s1. The Bertz CT molecular complexity index is 655. The molecule has 2 rings (SSSR count). The number of aldehydes is 1. The van der Waals surface area contributed by atoms with Crippen molar-refractivity contribution in [2.45, 2.75) is 19.1 Å². The van der Waals surface area contributed by atoms with Crippen molar-refractivity contribution in [1.29, 1.82) is 0 Å². The molecule has 22 heavy (non-hydrogen) atoms. The lowest BCUT2D eigenvalue weighted by Crippen LogP contribution is -2.34. The Morgan fingerprint density at radius 2 is 1.95 bits per heavy atom. The number of carbonyl (C=O) groups is 2. The maximum atomic E-state index is 11.9. The van der Waals surface area contributed by atoms with Crippen LogP contribution in [0.1, 0.15) is 21.5 Å². The third kappa shape index (κ3) is 4.17. The van der Waals surface area contributed by atoms with Crippen molar-refractivity contribution in [1.82, 2.24) is 0 Å². The summed E-state index contributed by atoms with van der Waals surface area (Å²) in [5, 5.41) is 9.34. The van der Waals surface area contributed by atoms with E-state index >= 15 is 0 Å².